The molecule has 1 aliphatic heterocycles. The van der Waals surface area contributed by atoms with Gasteiger partial charge in [0.25, 0.3) is 0 Å². The van der Waals surface area contributed by atoms with Gasteiger partial charge in [-0.3, -0.25) is 0 Å². The van der Waals surface area contributed by atoms with Gasteiger partial charge in [0.05, 0.1) is 0 Å². The number of rotatable bonds is 7. The van der Waals surface area contributed by atoms with Gasteiger partial charge in [0, 0.05) is 24.3 Å². The summed E-state index contributed by atoms with van der Waals surface area (Å²) in [5.41, 5.74) is 1.44. The number of ether oxygens (including phenoxy) is 1. The Labute approximate surface area is 113 Å². The van der Waals surface area contributed by atoms with Crippen LogP contribution in [0.3, 0.4) is 0 Å². The topological polar surface area (TPSA) is 60.4 Å². The molecule has 0 N–H and O–H groups in total. The van der Waals surface area contributed by atoms with E-state index >= 15 is 0 Å². The maximum Gasteiger partial charge on any atom is 0.334 e. The number of hydrogen-bond acceptors (Lipinski definition) is 4. The van der Waals surface area contributed by atoms with Crippen molar-refractivity contribution in [2.24, 2.45) is 5.92 Å². The molecule has 4 heteroatoms. The van der Waals surface area contributed by atoms with Crippen LogP contribution in [0.25, 0.3) is 0 Å². The number of aldehydes is 1. The van der Waals surface area contributed by atoms with Gasteiger partial charge < -0.3 is 14.3 Å². The van der Waals surface area contributed by atoms with Gasteiger partial charge in [-0.25, -0.2) is 4.79 Å². The minimum Gasteiger partial charge on any atom is -0.454 e. The van der Waals surface area contributed by atoms with Crippen molar-refractivity contribution >= 4 is 18.0 Å². The summed E-state index contributed by atoms with van der Waals surface area (Å²) in [5.74, 6) is -0.437. The Morgan fingerprint density at radius 2 is 2.05 bits per heavy atom. The number of cyclic esters (lactones) is 1. The van der Waals surface area contributed by atoms with E-state index in [0.29, 0.717) is 31.3 Å². The first-order valence-corrected chi connectivity index (χ1v) is 6.45. The first-order valence-electron chi connectivity index (χ1n) is 6.45. The lowest BCUT2D eigenvalue weighted by Gasteiger charge is -2.14. The van der Waals surface area contributed by atoms with E-state index in [9.17, 15) is 14.4 Å². The molecule has 0 aliphatic carbocycles. The lowest BCUT2D eigenvalue weighted by atomic mass is 9.90. The first kappa shape index (κ1) is 15.3. The molecule has 1 fully saturated rings. The van der Waals surface area contributed by atoms with Gasteiger partial charge in [-0.15, -0.1) is 0 Å². The van der Waals surface area contributed by atoms with Gasteiger partial charge in [-0.2, -0.15) is 0 Å². The van der Waals surface area contributed by atoms with Crippen molar-refractivity contribution in [1.29, 1.82) is 0 Å². The zero-order valence-corrected chi connectivity index (χ0v) is 11.5. The summed E-state index contributed by atoms with van der Waals surface area (Å²) in [4.78, 5) is 32.9. The lowest BCUT2D eigenvalue weighted by Crippen LogP contribution is -2.15. The van der Waals surface area contributed by atoms with Crippen LogP contribution in [0.15, 0.2) is 23.8 Å². The molecule has 0 aromatic carbocycles. The number of ketones is 1. The SMILES string of the molecule is C=C1C(=O)O[C@H](/C=C(\C)CCC=O)[C@H]1CCC(C)=O. The molecule has 104 valence electrons. The van der Waals surface area contributed by atoms with E-state index in [4.69, 9.17) is 4.74 Å². The number of Topliss-reactive ketones (excluding diaryl/α,β-unsaturated/α-hetero) is 1. The Morgan fingerprint density at radius 1 is 1.37 bits per heavy atom. The molecule has 1 rings (SSSR count). The molecule has 1 heterocycles. The van der Waals surface area contributed by atoms with Gasteiger partial charge in [-0.1, -0.05) is 12.2 Å². The molecule has 0 saturated carbocycles. The van der Waals surface area contributed by atoms with E-state index in [2.05, 4.69) is 6.58 Å². The summed E-state index contributed by atoms with van der Waals surface area (Å²) < 4.78 is 5.25. The van der Waals surface area contributed by atoms with Crippen molar-refractivity contribution in [3.05, 3.63) is 23.8 Å². The Hall–Kier alpha value is -1.71. The van der Waals surface area contributed by atoms with E-state index in [1.54, 1.807) is 0 Å². The van der Waals surface area contributed by atoms with Gasteiger partial charge in [0.15, 0.2) is 0 Å². The Morgan fingerprint density at radius 3 is 2.63 bits per heavy atom. The monoisotopic (exact) mass is 264 g/mol. The average Bonchev–Trinajstić information content (AvgIpc) is 2.60. The zero-order chi connectivity index (χ0) is 14.4. The molecule has 0 spiro atoms. The van der Waals surface area contributed by atoms with Crippen LogP contribution < -0.4 is 0 Å². The fraction of sp³-hybridized carbons (Fsp3) is 0.533. The normalized spacial score (nSPS) is 23.4. The largest absolute Gasteiger partial charge is 0.454 e. The lowest BCUT2D eigenvalue weighted by molar-refractivity contribution is -0.137. The van der Waals surface area contributed by atoms with Crippen molar-refractivity contribution in [1.82, 2.24) is 0 Å². The number of hydrogen-bond donors (Lipinski definition) is 0. The van der Waals surface area contributed by atoms with Gasteiger partial charge >= 0.3 is 5.97 Å². The highest BCUT2D eigenvalue weighted by molar-refractivity contribution is 5.91. The van der Waals surface area contributed by atoms with Crippen molar-refractivity contribution in [3.63, 3.8) is 0 Å². The van der Waals surface area contributed by atoms with Gasteiger partial charge in [-0.05, 0) is 32.8 Å². The molecular formula is C15H20O4. The second kappa shape index (κ2) is 7.02. The highest BCUT2D eigenvalue weighted by Gasteiger charge is 2.36. The molecule has 19 heavy (non-hydrogen) atoms. The summed E-state index contributed by atoms with van der Waals surface area (Å²) in [5, 5.41) is 0. The van der Waals surface area contributed by atoms with Crippen LogP contribution in [0, 0.1) is 5.92 Å². The number of allylic oxidation sites excluding steroid dienone is 1. The number of esters is 1. The molecule has 0 bridgehead atoms. The molecule has 1 saturated heterocycles. The number of carbonyl (C=O) groups excluding carboxylic acids is 3. The molecular weight excluding hydrogens is 244 g/mol. The quantitative estimate of drug-likeness (QED) is 0.306. The predicted octanol–water partition coefficient (Wildman–Crippen LogP) is 2.38. The highest BCUT2D eigenvalue weighted by atomic mass is 16.5. The standard InChI is InChI=1S/C15H20O4/c1-10(5-4-8-16)9-14-13(7-6-11(2)17)12(3)15(18)19-14/h8-9,13-14H,3-7H2,1-2H3/b10-9+/t13-,14+/m0/s1. The maximum absolute atomic E-state index is 11.5. The molecule has 4 nitrogen and oxygen atoms in total. The Kier molecular flexibility index (Phi) is 5.67. The third-order valence-electron chi connectivity index (χ3n) is 3.26. The number of carbonyl (C=O) groups is 3. The highest BCUT2D eigenvalue weighted by Crippen LogP contribution is 2.32. The summed E-state index contributed by atoms with van der Waals surface area (Å²) >= 11 is 0. The van der Waals surface area contributed by atoms with Crippen LogP contribution in [0.5, 0.6) is 0 Å². The molecule has 0 unspecified atom stereocenters. The second-order valence-corrected chi connectivity index (χ2v) is 4.96. The van der Waals surface area contributed by atoms with Crippen LogP contribution in [-0.4, -0.2) is 24.1 Å². The second-order valence-electron chi connectivity index (χ2n) is 4.96. The van der Waals surface area contributed by atoms with Gasteiger partial charge in [0.1, 0.15) is 18.2 Å². The van der Waals surface area contributed by atoms with Crippen molar-refractivity contribution in [3.8, 4) is 0 Å². The molecule has 0 amide bonds. The van der Waals surface area contributed by atoms with Crippen LogP contribution in [-0.2, 0) is 19.1 Å². The molecule has 0 aromatic heterocycles. The smallest absolute Gasteiger partial charge is 0.334 e. The van der Waals surface area contributed by atoms with Crippen molar-refractivity contribution < 1.29 is 19.1 Å². The molecule has 0 radical (unpaired) electrons. The van der Waals surface area contributed by atoms with E-state index in [-0.39, 0.29) is 17.8 Å². The predicted molar refractivity (Wildman–Crippen MR) is 71.5 cm³/mol. The summed E-state index contributed by atoms with van der Waals surface area (Å²) in [6, 6.07) is 0. The van der Waals surface area contributed by atoms with Crippen LogP contribution >= 0.6 is 0 Å². The summed E-state index contributed by atoms with van der Waals surface area (Å²) in [6.45, 7) is 7.17. The van der Waals surface area contributed by atoms with Crippen LogP contribution in [0.1, 0.15) is 39.5 Å². The average molecular weight is 264 g/mol. The third-order valence-corrected chi connectivity index (χ3v) is 3.26. The van der Waals surface area contributed by atoms with E-state index < -0.39 is 5.97 Å². The minimum atomic E-state index is -0.391. The van der Waals surface area contributed by atoms with E-state index in [0.717, 1.165) is 11.9 Å². The molecule has 0 aromatic rings. The first-order chi connectivity index (χ1) is 8.95. The third kappa shape index (κ3) is 4.47. The molecule has 1 aliphatic rings. The fourth-order valence-corrected chi connectivity index (χ4v) is 2.13. The molecule has 2 atom stereocenters. The zero-order valence-electron chi connectivity index (χ0n) is 11.5. The Balaban J connectivity index is 2.73. The van der Waals surface area contributed by atoms with Crippen molar-refractivity contribution in [2.75, 3.05) is 0 Å². The fourth-order valence-electron chi connectivity index (χ4n) is 2.13. The van der Waals surface area contributed by atoms with Crippen LogP contribution in [0.2, 0.25) is 0 Å². The van der Waals surface area contributed by atoms with Gasteiger partial charge in [0.2, 0.25) is 0 Å². The maximum atomic E-state index is 11.5. The van der Waals surface area contributed by atoms with E-state index in [1.807, 2.05) is 13.0 Å². The van der Waals surface area contributed by atoms with E-state index in [1.165, 1.54) is 6.92 Å². The summed E-state index contributed by atoms with van der Waals surface area (Å²) in [6.07, 6.45) is 4.48. The minimum absolute atomic E-state index is 0.0903. The Bertz CT molecular complexity index is 420. The van der Waals surface area contributed by atoms with Crippen molar-refractivity contribution in [2.45, 2.75) is 45.6 Å². The van der Waals surface area contributed by atoms with Crippen LogP contribution in [0.4, 0.5) is 0 Å². The summed E-state index contributed by atoms with van der Waals surface area (Å²) in [7, 11) is 0.